The zero-order valence-corrected chi connectivity index (χ0v) is 14.7. The van der Waals surface area contributed by atoms with E-state index in [4.69, 9.17) is 19.9 Å². The number of carbonyl (C=O) groups is 1. The molecule has 1 aliphatic rings. The highest BCUT2D eigenvalue weighted by Crippen LogP contribution is 2.29. The number of hydrogen-bond donors (Lipinski definition) is 3. The molecule has 1 heterocycles. The molecule has 1 amide bonds. The highest BCUT2D eigenvalue weighted by molar-refractivity contribution is 5.86. The van der Waals surface area contributed by atoms with E-state index in [0.29, 0.717) is 43.1 Å². The predicted octanol–water partition coefficient (Wildman–Crippen LogP) is 0.783. The number of methoxy groups -OCH3 is 2. The molecule has 0 bridgehead atoms. The Kier molecular flexibility index (Phi) is 7.75. The Labute approximate surface area is 147 Å². The molecule has 0 spiro atoms. The molecule has 0 aliphatic carbocycles. The molecular formula is C16H25ClN2O5. The van der Waals surface area contributed by atoms with E-state index in [0.717, 1.165) is 0 Å². The van der Waals surface area contributed by atoms with Crippen LogP contribution in [0.5, 0.6) is 11.5 Å². The Hall–Kier alpha value is -1.54. The number of halogens is 1. The Balaban J connectivity index is 0.00000288. The summed E-state index contributed by atoms with van der Waals surface area (Å²) in [6, 6.07) is 5.13. The van der Waals surface area contributed by atoms with Crippen LogP contribution in [0.25, 0.3) is 0 Å². The van der Waals surface area contributed by atoms with E-state index in [1.165, 1.54) is 7.11 Å². The molecule has 1 unspecified atom stereocenters. The lowest BCUT2D eigenvalue weighted by molar-refractivity contribution is -0.130. The number of aliphatic hydroxyl groups excluding tert-OH is 1. The first-order valence-electron chi connectivity index (χ1n) is 7.55. The summed E-state index contributed by atoms with van der Waals surface area (Å²) < 4.78 is 15.6. The van der Waals surface area contributed by atoms with Gasteiger partial charge >= 0.3 is 0 Å². The lowest BCUT2D eigenvalue weighted by Crippen LogP contribution is -2.57. The zero-order valence-electron chi connectivity index (χ0n) is 13.9. The summed E-state index contributed by atoms with van der Waals surface area (Å²) in [7, 11) is 3.07. The van der Waals surface area contributed by atoms with Gasteiger partial charge in [0.15, 0.2) is 0 Å². The Morgan fingerprint density at radius 3 is 2.62 bits per heavy atom. The minimum Gasteiger partial charge on any atom is -0.497 e. The van der Waals surface area contributed by atoms with Crippen LogP contribution in [-0.2, 0) is 9.53 Å². The van der Waals surface area contributed by atoms with Crippen molar-refractivity contribution in [2.75, 3.05) is 34.0 Å². The molecule has 24 heavy (non-hydrogen) atoms. The van der Waals surface area contributed by atoms with Crippen molar-refractivity contribution >= 4 is 18.3 Å². The molecule has 1 atom stereocenters. The van der Waals surface area contributed by atoms with Gasteiger partial charge in [-0.25, -0.2) is 0 Å². The number of aliphatic hydroxyl groups is 1. The van der Waals surface area contributed by atoms with Crippen LogP contribution in [0.15, 0.2) is 18.2 Å². The third kappa shape index (κ3) is 4.73. The second kappa shape index (κ2) is 9.08. The van der Waals surface area contributed by atoms with Gasteiger partial charge in [-0.2, -0.15) is 0 Å². The van der Waals surface area contributed by atoms with E-state index in [1.54, 1.807) is 25.3 Å². The van der Waals surface area contributed by atoms with Crippen LogP contribution in [0.4, 0.5) is 0 Å². The van der Waals surface area contributed by atoms with Gasteiger partial charge in [-0.15, -0.1) is 12.4 Å². The van der Waals surface area contributed by atoms with Crippen molar-refractivity contribution in [3.8, 4) is 11.5 Å². The smallest absolute Gasteiger partial charge is 0.240 e. The highest BCUT2D eigenvalue weighted by atomic mass is 35.5. The van der Waals surface area contributed by atoms with Crippen LogP contribution in [0.2, 0.25) is 0 Å². The van der Waals surface area contributed by atoms with Gasteiger partial charge in [0.05, 0.1) is 25.9 Å². The molecule has 0 saturated carbocycles. The summed E-state index contributed by atoms with van der Waals surface area (Å²) in [4.78, 5) is 12.3. The van der Waals surface area contributed by atoms with Gasteiger partial charge in [0.2, 0.25) is 5.91 Å². The van der Waals surface area contributed by atoms with E-state index < -0.39 is 11.6 Å². The van der Waals surface area contributed by atoms with Crippen molar-refractivity contribution < 1.29 is 24.1 Å². The van der Waals surface area contributed by atoms with Gasteiger partial charge in [-0.1, -0.05) is 0 Å². The molecule has 1 aromatic rings. The molecule has 1 aromatic carbocycles. The number of hydrogen-bond acceptors (Lipinski definition) is 6. The van der Waals surface area contributed by atoms with Crippen molar-refractivity contribution in [1.29, 1.82) is 0 Å². The SMILES string of the molecule is COc1ccc(OC)c(C(O)CNC(=O)C2(N)CCOCC2)c1.Cl. The second-order valence-electron chi connectivity index (χ2n) is 5.60. The molecular weight excluding hydrogens is 336 g/mol. The summed E-state index contributed by atoms with van der Waals surface area (Å²) in [5.41, 5.74) is 5.72. The molecule has 0 aromatic heterocycles. The summed E-state index contributed by atoms with van der Waals surface area (Å²) in [5, 5.41) is 13.1. The highest BCUT2D eigenvalue weighted by Gasteiger charge is 2.36. The van der Waals surface area contributed by atoms with Gasteiger partial charge < -0.3 is 30.4 Å². The number of benzene rings is 1. The normalized spacial score (nSPS) is 17.3. The lowest BCUT2D eigenvalue weighted by atomic mass is 9.90. The van der Waals surface area contributed by atoms with E-state index in [9.17, 15) is 9.90 Å². The first-order chi connectivity index (χ1) is 11.0. The fourth-order valence-corrected chi connectivity index (χ4v) is 2.54. The summed E-state index contributed by atoms with van der Waals surface area (Å²) in [6.45, 7) is 0.981. The molecule has 8 heteroatoms. The number of carbonyl (C=O) groups excluding carboxylic acids is 1. The Morgan fingerprint density at radius 2 is 2.04 bits per heavy atom. The van der Waals surface area contributed by atoms with Crippen molar-refractivity contribution in [3.63, 3.8) is 0 Å². The number of rotatable bonds is 6. The molecule has 0 radical (unpaired) electrons. The van der Waals surface area contributed by atoms with E-state index in [-0.39, 0.29) is 24.9 Å². The molecule has 2 rings (SSSR count). The summed E-state index contributed by atoms with van der Waals surface area (Å²) in [6.07, 6.45) is 0.0156. The van der Waals surface area contributed by atoms with Gasteiger partial charge in [0, 0.05) is 25.3 Å². The van der Waals surface area contributed by atoms with Gasteiger partial charge in [-0.05, 0) is 31.0 Å². The van der Waals surface area contributed by atoms with Crippen molar-refractivity contribution in [1.82, 2.24) is 5.32 Å². The molecule has 136 valence electrons. The van der Waals surface area contributed by atoms with Crippen LogP contribution in [0, 0.1) is 0 Å². The maximum Gasteiger partial charge on any atom is 0.240 e. The van der Waals surface area contributed by atoms with Crippen molar-refractivity contribution in [2.24, 2.45) is 5.73 Å². The topological polar surface area (TPSA) is 103 Å². The average Bonchev–Trinajstić information content (AvgIpc) is 2.59. The summed E-state index contributed by atoms with van der Waals surface area (Å²) >= 11 is 0. The Bertz CT molecular complexity index is 549. The molecule has 7 nitrogen and oxygen atoms in total. The monoisotopic (exact) mass is 360 g/mol. The number of amides is 1. The summed E-state index contributed by atoms with van der Waals surface area (Å²) in [5.74, 6) is 0.855. The van der Waals surface area contributed by atoms with Crippen LogP contribution < -0.4 is 20.5 Å². The van der Waals surface area contributed by atoms with Gasteiger partial charge in [0.25, 0.3) is 0 Å². The molecule has 1 saturated heterocycles. The van der Waals surface area contributed by atoms with Crippen molar-refractivity contribution in [3.05, 3.63) is 23.8 Å². The predicted molar refractivity (Wildman–Crippen MR) is 91.7 cm³/mol. The maximum atomic E-state index is 12.3. The quantitative estimate of drug-likeness (QED) is 0.693. The average molecular weight is 361 g/mol. The zero-order chi connectivity index (χ0) is 16.9. The largest absolute Gasteiger partial charge is 0.497 e. The minimum absolute atomic E-state index is 0. The van der Waals surface area contributed by atoms with Gasteiger partial charge in [-0.3, -0.25) is 4.79 Å². The Morgan fingerprint density at radius 1 is 1.38 bits per heavy atom. The third-order valence-corrected chi connectivity index (χ3v) is 4.09. The maximum absolute atomic E-state index is 12.3. The van der Waals surface area contributed by atoms with E-state index >= 15 is 0 Å². The molecule has 1 aliphatic heterocycles. The number of nitrogens with one attached hydrogen (secondary N) is 1. The van der Waals surface area contributed by atoms with E-state index in [1.807, 2.05) is 0 Å². The number of nitrogens with two attached hydrogens (primary N) is 1. The fraction of sp³-hybridized carbons (Fsp3) is 0.562. The van der Waals surface area contributed by atoms with Crippen molar-refractivity contribution in [2.45, 2.75) is 24.5 Å². The molecule has 1 fully saturated rings. The van der Waals surface area contributed by atoms with Crippen LogP contribution in [-0.4, -0.2) is 50.5 Å². The third-order valence-electron chi connectivity index (χ3n) is 4.09. The fourth-order valence-electron chi connectivity index (χ4n) is 2.54. The minimum atomic E-state index is -0.934. The van der Waals surface area contributed by atoms with Crippen LogP contribution in [0.1, 0.15) is 24.5 Å². The second-order valence-corrected chi connectivity index (χ2v) is 5.60. The van der Waals surface area contributed by atoms with E-state index in [2.05, 4.69) is 5.32 Å². The molecule has 4 N–H and O–H groups in total. The standard InChI is InChI=1S/C16H24N2O5.ClH/c1-21-11-3-4-14(22-2)12(9-11)13(19)10-18-15(20)16(17)5-7-23-8-6-16;/h3-4,9,13,19H,5-8,10,17H2,1-2H3,(H,18,20);1H. The number of ether oxygens (including phenoxy) is 3. The first kappa shape index (κ1) is 20.5. The van der Waals surface area contributed by atoms with Crippen LogP contribution >= 0.6 is 12.4 Å². The first-order valence-corrected chi connectivity index (χ1v) is 7.55. The van der Waals surface area contributed by atoms with Gasteiger partial charge in [0.1, 0.15) is 11.5 Å². The lowest BCUT2D eigenvalue weighted by Gasteiger charge is -2.32. The van der Waals surface area contributed by atoms with Crippen LogP contribution in [0.3, 0.4) is 0 Å².